The van der Waals surface area contributed by atoms with Gasteiger partial charge in [-0.15, -0.1) is 0 Å². The fraction of sp³-hybridized carbons (Fsp3) is 0.0909. The summed E-state index contributed by atoms with van der Waals surface area (Å²) >= 11 is 0. The Hall–Kier alpha value is -4.14. The number of aromatic amines is 1. The molecule has 0 saturated heterocycles. The van der Waals surface area contributed by atoms with Crippen LogP contribution in [0, 0.1) is 18.6 Å². The van der Waals surface area contributed by atoms with Crippen molar-refractivity contribution in [2.24, 2.45) is 0 Å². The number of carbonyl (C=O) groups excluding carboxylic acids is 1. The number of benzene rings is 2. The summed E-state index contributed by atoms with van der Waals surface area (Å²) < 4.78 is 26.8. The van der Waals surface area contributed by atoms with E-state index in [0.717, 1.165) is 11.6 Å². The van der Waals surface area contributed by atoms with Crippen molar-refractivity contribution in [1.82, 2.24) is 20.2 Å². The number of hydrogen-bond donors (Lipinski definition) is 3. The maximum absolute atomic E-state index is 13.4. The van der Waals surface area contributed by atoms with Gasteiger partial charge in [0.05, 0.1) is 5.69 Å². The van der Waals surface area contributed by atoms with Crippen LogP contribution in [0.1, 0.15) is 21.7 Å². The molecule has 0 atom stereocenters. The molecule has 2 aromatic heterocycles. The van der Waals surface area contributed by atoms with Gasteiger partial charge in [-0.25, -0.2) is 18.7 Å². The van der Waals surface area contributed by atoms with E-state index in [1.165, 1.54) is 18.2 Å². The van der Waals surface area contributed by atoms with E-state index >= 15 is 0 Å². The van der Waals surface area contributed by atoms with Crippen LogP contribution in [0.2, 0.25) is 0 Å². The molecular weight excluding hydrogens is 402 g/mol. The first-order valence-electron chi connectivity index (χ1n) is 9.42. The number of nitrogens with one attached hydrogen (secondary N) is 3. The van der Waals surface area contributed by atoms with Gasteiger partial charge in [0.25, 0.3) is 5.91 Å². The first-order chi connectivity index (χ1) is 15.0. The number of H-pyrrole nitrogens is 1. The molecule has 4 rings (SSSR count). The standard InChI is InChI=1S/C22H18F2N6O/c1-13-25-6-5-20(27-13)26-12-14-3-2-4-15(7-14)22(31)28-21-11-19(29-30-21)16-8-17(23)10-18(24)9-16/h2-11H,12H2,1H3,(H,25,26,27)(H2,28,29,30,31). The molecule has 0 spiro atoms. The van der Waals surface area contributed by atoms with Gasteiger partial charge in [-0.3, -0.25) is 9.89 Å². The highest BCUT2D eigenvalue weighted by atomic mass is 19.1. The number of aromatic nitrogens is 4. The van der Waals surface area contributed by atoms with Crippen molar-refractivity contribution in [3.63, 3.8) is 0 Å². The zero-order valence-electron chi connectivity index (χ0n) is 16.5. The molecule has 2 aromatic carbocycles. The van der Waals surface area contributed by atoms with Crippen LogP contribution in [0.25, 0.3) is 11.3 Å². The van der Waals surface area contributed by atoms with Gasteiger partial charge in [-0.1, -0.05) is 12.1 Å². The Morgan fingerprint density at radius 2 is 1.84 bits per heavy atom. The maximum Gasteiger partial charge on any atom is 0.256 e. The summed E-state index contributed by atoms with van der Waals surface area (Å²) in [6.45, 7) is 2.29. The van der Waals surface area contributed by atoms with Crippen molar-refractivity contribution in [2.75, 3.05) is 10.6 Å². The second-order valence-electron chi connectivity index (χ2n) is 6.82. The normalized spacial score (nSPS) is 10.7. The molecule has 9 heteroatoms. The Kier molecular flexibility index (Phi) is 5.65. The number of aryl methyl sites for hydroxylation is 1. The molecule has 7 nitrogen and oxygen atoms in total. The minimum absolute atomic E-state index is 0.240. The van der Waals surface area contributed by atoms with E-state index in [4.69, 9.17) is 0 Å². The SMILES string of the molecule is Cc1nccc(NCc2cccc(C(=O)Nc3cc(-c4cc(F)cc(F)c4)[nH]n3)c2)n1. The summed E-state index contributed by atoms with van der Waals surface area (Å²) in [5.74, 6) is -0.152. The predicted molar refractivity (Wildman–Crippen MR) is 112 cm³/mol. The lowest BCUT2D eigenvalue weighted by Crippen LogP contribution is -2.13. The lowest BCUT2D eigenvalue weighted by Gasteiger charge is -2.08. The largest absolute Gasteiger partial charge is 0.366 e. The van der Waals surface area contributed by atoms with Crippen LogP contribution in [0.15, 0.2) is 60.8 Å². The molecular formula is C22H18F2N6O. The minimum atomic E-state index is -0.697. The summed E-state index contributed by atoms with van der Waals surface area (Å²) in [6, 6.07) is 13.5. The number of hydrogen-bond acceptors (Lipinski definition) is 5. The Morgan fingerprint density at radius 3 is 2.61 bits per heavy atom. The topological polar surface area (TPSA) is 95.6 Å². The van der Waals surface area contributed by atoms with Gasteiger partial charge in [0, 0.05) is 36.0 Å². The Balaban J connectivity index is 1.43. The van der Waals surface area contributed by atoms with Crippen LogP contribution < -0.4 is 10.6 Å². The number of rotatable bonds is 6. The Morgan fingerprint density at radius 1 is 1.03 bits per heavy atom. The van der Waals surface area contributed by atoms with E-state index in [9.17, 15) is 13.6 Å². The van der Waals surface area contributed by atoms with Gasteiger partial charge < -0.3 is 10.6 Å². The molecule has 1 amide bonds. The quantitative estimate of drug-likeness (QED) is 0.432. The fourth-order valence-electron chi connectivity index (χ4n) is 3.00. The van der Waals surface area contributed by atoms with E-state index in [0.29, 0.717) is 35.0 Å². The van der Waals surface area contributed by atoms with Gasteiger partial charge in [0.15, 0.2) is 5.82 Å². The van der Waals surface area contributed by atoms with Crippen LogP contribution in [0.4, 0.5) is 20.4 Å². The lowest BCUT2D eigenvalue weighted by atomic mass is 10.1. The third-order valence-corrected chi connectivity index (χ3v) is 4.43. The fourth-order valence-corrected chi connectivity index (χ4v) is 3.00. The van der Waals surface area contributed by atoms with Crippen molar-refractivity contribution in [3.05, 3.63) is 89.4 Å². The smallest absolute Gasteiger partial charge is 0.256 e. The Labute approximate surface area is 176 Å². The molecule has 156 valence electrons. The number of halogens is 2. The molecule has 0 aliphatic heterocycles. The average Bonchev–Trinajstić information content (AvgIpc) is 3.20. The van der Waals surface area contributed by atoms with Crippen molar-refractivity contribution >= 4 is 17.5 Å². The molecule has 4 aromatic rings. The van der Waals surface area contributed by atoms with Crippen LogP contribution in [0.3, 0.4) is 0 Å². The molecule has 0 bridgehead atoms. The molecule has 0 aliphatic carbocycles. The van der Waals surface area contributed by atoms with E-state index in [-0.39, 0.29) is 11.7 Å². The molecule has 0 saturated carbocycles. The van der Waals surface area contributed by atoms with Crippen molar-refractivity contribution < 1.29 is 13.6 Å². The number of nitrogens with zero attached hydrogens (tertiary/aromatic N) is 3. The first kappa shape index (κ1) is 20.1. The van der Waals surface area contributed by atoms with E-state index in [1.54, 1.807) is 37.4 Å². The molecule has 0 fully saturated rings. The molecule has 0 aliphatic rings. The van der Waals surface area contributed by atoms with Gasteiger partial charge in [-0.2, -0.15) is 5.10 Å². The van der Waals surface area contributed by atoms with Gasteiger partial charge in [0.1, 0.15) is 23.3 Å². The zero-order valence-corrected chi connectivity index (χ0v) is 16.5. The highest BCUT2D eigenvalue weighted by molar-refractivity contribution is 6.04. The van der Waals surface area contributed by atoms with Crippen molar-refractivity contribution in [1.29, 1.82) is 0 Å². The highest BCUT2D eigenvalue weighted by Crippen LogP contribution is 2.22. The van der Waals surface area contributed by atoms with E-state index < -0.39 is 11.6 Å². The zero-order chi connectivity index (χ0) is 21.8. The number of anilines is 2. The van der Waals surface area contributed by atoms with Crippen LogP contribution in [-0.4, -0.2) is 26.1 Å². The van der Waals surface area contributed by atoms with Crippen LogP contribution in [0.5, 0.6) is 0 Å². The van der Waals surface area contributed by atoms with E-state index in [1.807, 2.05) is 6.07 Å². The van der Waals surface area contributed by atoms with Crippen LogP contribution in [-0.2, 0) is 6.54 Å². The molecule has 0 unspecified atom stereocenters. The third kappa shape index (κ3) is 5.08. The minimum Gasteiger partial charge on any atom is -0.366 e. The number of carbonyl (C=O) groups is 1. The van der Waals surface area contributed by atoms with E-state index in [2.05, 4.69) is 30.8 Å². The monoisotopic (exact) mass is 420 g/mol. The summed E-state index contributed by atoms with van der Waals surface area (Å²) in [7, 11) is 0. The average molecular weight is 420 g/mol. The summed E-state index contributed by atoms with van der Waals surface area (Å²) in [6.07, 6.45) is 1.67. The van der Waals surface area contributed by atoms with Gasteiger partial charge in [0.2, 0.25) is 0 Å². The Bertz CT molecular complexity index is 1220. The maximum atomic E-state index is 13.4. The predicted octanol–water partition coefficient (Wildman–Crippen LogP) is 4.32. The van der Waals surface area contributed by atoms with Crippen molar-refractivity contribution in [2.45, 2.75) is 13.5 Å². The van der Waals surface area contributed by atoms with Gasteiger partial charge >= 0.3 is 0 Å². The van der Waals surface area contributed by atoms with Crippen molar-refractivity contribution in [3.8, 4) is 11.3 Å². The summed E-state index contributed by atoms with van der Waals surface area (Å²) in [5.41, 5.74) is 2.01. The van der Waals surface area contributed by atoms with Crippen LogP contribution >= 0.6 is 0 Å². The van der Waals surface area contributed by atoms with Gasteiger partial charge in [-0.05, 0) is 42.8 Å². The molecule has 3 N–H and O–H groups in total. The summed E-state index contributed by atoms with van der Waals surface area (Å²) in [4.78, 5) is 20.9. The molecule has 2 heterocycles. The second kappa shape index (κ2) is 8.70. The lowest BCUT2D eigenvalue weighted by molar-refractivity contribution is 0.102. The highest BCUT2D eigenvalue weighted by Gasteiger charge is 2.11. The second-order valence-corrected chi connectivity index (χ2v) is 6.82. The first-order valence-corrected chi connectivity index (χ1v) is 9.42. The third-order valence-electron chi connectivity index (χ3n) is 4.43. The molecule has 0 radical (unpaired) electrons. The summed E-state index contributed by atoms with van der Waals surface area (Å²) in [5, 5.41) is 12.5. The molecule has 31 heavy (non-hydrogen) atoms. The number of amides is 1.